The van der Waals surface area contributed by atoms with Gasteiger partial charge in [-0.25, -0.2) is 14.6 Å². The van der Waals surface area contributed by atoms with Crippen molar-refractivity contribution in [3.63, 3.8) is 0 Å². The van der Waals surface area contributed by atoms with Crippen molar-refractivity contribution in [2.45, 2.75) is 6.92 Å². The van der Waals surface area contributed by atoms with E-state index in [1.165, 1.54) is 0 Å². The standard InChI is InChI=1S/C23H18N6O/c1-16-20(14-25-29(16)19-6-3-2-4-7-19)22(30)26-18-10-8-17(9-11-18)21-15-28-13-5-12-24-23(28)27-21/h2-15H,1H3,(H,26,30). The molecule has 0 aliphatic heterocycles. The Labute approximate surface area is 172 Å². The molecule has 0 atom stereocenters. The average Bonchev–Trinajstić information content (AvgIpc) is 3.38. The number of imidazole rings is 1. The highest BCUT2D eigenvalue weighted by atomic mass is 16.1. The van der Waals surface area contributed by atoms with Crippen LogP contribution in [-0.4, -0.2) is 30.1 Å². The van der Waals surface area contributed by atoms with E-state index in [9.17, 15) is 4.79 Å². The quantitative estimate of drug-likeness (QED) is 0.497. The summed E-state index contributed by atoms with van der Waals surface area (Å²) in [6.45, 7) is 1.88. The van der Waals surface area contributed by atoms with E-state index in [4.69, 9.17) is 0 Å². The number of carbonyl (C=O) groups is 1. The summed E-state index contributed by atoms with van der Waals surface area (Å²) >= 11 is 0. The summed E-state index contributed by atoms with van der Waals surface area (Å²) in [5, 5.41) is 7.30. The minimum absolute atomic E-state index is 0.195. The van der Waals surface area contributed by atoms with Crippen molar-refractivity contribution in [2.75, 3.05) is 5.32 Å². The van der Waals surface area contributed by atoms with Crippen molar-refractivity contribution in [3.05, 3.63) is 96.7 Å². The van der Waals surface area contributed by atoms with Crippen LogP contribution in [0.25, 0.3) is 22.7 Å². The Morgan fingerprint density at radius 1 is 1.00 bits per heavy atom. The van der Waals surface area contributed by atoms with Crippen LogP contribution in [0.1, 0.15) is 16.1 Å². The van der Waals surface area contributed by atoms with Crippen molar-refractivity contribution in [3.8, 4) is 16.9 Å². The molecule has 146 valence electrons. The summed E-state index contributed by atoms with van der Waals surface area (Å²) in [5.74, 6) is 0.454. The first-order chi connectivity index (χ1) is 14.7. The topological polar surface area (TPSA) is 77.1 Å². The fourth-order valence-corrected chi connectivity index (χ4v) is 3.35. The zero-order chi connectivity index (χ0) is 20.5. The smallest absolute Gasteiger partial charge is 0.259 e. The molecule has 5 aromatic rings. The molecule has 0 bridgehead atoms. The Kier molecular flexibility index (Phi) is 4.33. The van der Waals surface area contributed by atoms with Gasteiger partial charge < -0.3 is 5.32 Å². The van der Waals surface area contributed by atoms with E-state index in [1.54, 1.807) is 17.1 Å². The number of carbonyl (C=O) groups excluding carboxylic acids is 1. The Hall–Kier alpha value is -4.26. The molecular formula is C23H18N6O. The van der Waals surface area contributed by atoms with Gasteiger partial charge in [0.05, 0.1) is 28.8 Å². The van der Waals surface area contributed by atoms with Gasteiger partial charge in [0.1, 0.15) is 0 Å². The minimum Gasteiger partial charge on any atom is -0.322 e. The normalized spacial score (nSPS) is 11.0. The molecule has 1 N–H and O–H groups in total. The first kappa shape index (κ1) is 17.8. The molecule has 3 heterocycles. The van der Waals surface area contributed by atoms with E-state index < -0.39 is 0 Å². The molecule has 0 aliphatic rings. The number of aromatic nitrogens is 5. The molecule has 1 amide bonds. The molecule has 7 nitrogen and oxygen atoms in total. The second-order valence-corrected chi connectivity index (χ2v) is 6.88. The highest BCUT2D eigenvalue weighted by molar-refractivity contribution is 6.05. The first-order valence-electron chi connectivity index (χ1n) is 9.50. The number of fused-ring (bicyclic) bond motifs is 1. The van der Waals surface area contributed by atoms with Crippen LogP contribution in [0.2, 0.25) is 0 Å². The van der Waals surface area contributed by atoms with Gasteiger partial charge in [-0.2, -0.15) is 5.10 Å². The van der Waals surface area contributed by atoms with Gasteiger partial charge in [-0.3, -0.25) is 9.20 Å². The molecule has 0 saturated carbocycles. The summed E-state index contributed by atoms with van der Waals surface area (Å²) < 4.78 is 3.63. The molecule has 0 saturated heterocycles. The lowest BCUT2D eigenvalue weighted by Crippen LogP contribution is -2.13. The van der Waals surface area contributed by atoms with E-state index in [-0.39, 0.29) is 5.91 Å². The average molecular weight is 394 g/mol. The number of rotatable bonds is 4. The lowest BCUT2D eigenvalue weighted by Gasteiger charge is -2.07. The molecule has 30 heavy (non-hydrogen) atoms. The van der Waals surface area contributed by atoms with Crippen LogP contribution in [0.15, 0.2) is 85.5 Å². The zero-order valence-electron chi connectivity index (χ0n) is 16.2. The second-order valence-electron chi connectivity index (χ2n) is 6.88. The fraction of sp³-hybridized carbons (Fsp3) is 0.0435. The van der Waals surface area contributed by atoms with Crippen LogP contribution in [0.5, 0.6) is 0 Å². The summed E-state index contributed by atoms with van der Waals surface area (Å²) in [4.78, 5) is 21.5. The number of amides is 1. The predicted molar refractivity (Wildman–Crippen MR) is 115 cm³/mol. The van der Waals surface area contributed by atoms with Gasteiger partial charge in [0.15, 0.2) is 0 Å². The van der Waals surface area contributed by atoms with Gasteiger partial charge in [-0.15, -0.1) is 0 Å². The molecular weight excluding hydrogens is 376 g/mol. The minimum atomic E-state index is -0.195. The van der Waals surface area contributed by atoms with Crippen molar-refractivity contribution >= 4 is 17.4 Å². The first-order valence-corrected chi connectivity index (χ1v) is 9.50. The van der Waals surface area contributed by atoms with E-state index in [2.05, 4.69) is 20.4 Å². The highest BCUT2D eigenvalue weighted by Crippen LogP contribution is 2.22. The van der Waals surface area contributed by atoms with Crippen molar-refractivity contribution in [1.29, 1.82) is 0 Å². The number of hydrogen-bond donors (Lipinski definition) is 1. The number of hydrogen-bond acceptors (Lipinski definition) is 4. The van der Waals surface area contributed by atoms with Crippen LogP contribution in [0.4, 0.5) is 5.69 Å². The van der Waals surface area contributed by atoms with Gasteiger partial charge in [0.25, 0.3) is 5.91 Å². The van der Waals surface area contributed by atoms with E-state index in [0.717, 1.165) is 22.6 Å². The Morgan fingerprint density at radius 3 is 2.57 bits per heavy atom. The van der Waals surface area contributed by atoms with Crippen molar-refractivity contribution in [2.24, 2.45) is 0 Å². The predicted octanol–water partition coefficient (Wildman–Crippen LogP) is 4.14. The maximum atomic E-state index is 12.8. The molecule has 0 aliphatic carbocycles. The van der Waals surface area contributed by atoms with Crippen LogP contribution in [-0.2, 0) is 0 Å². The maximum Gasteiger partial charge on any atom is 0.259 e. The Morgan fingerprint density at radius 2 is 1.80 bits per heavy atom. The lowest BCUT2D eigenvalue weighted by molar-refractivity contribution is 0.102. The Bertz CT molecular complexity index is 1300. The third-order valence-electron chi connectivity index (χ3n) is 4.93. The molecule has 2 aromatic carbocycles. The monoisotopic (exact) mass is 394 g/mol. The van der Waals surface area contributed by atoms with E-state index >= 15 is 0 Å². The number of nitrogens with zero attached hydrogens (tertiary/aromatic N) is 5. The third-order valence-corrected chi connectivity index (χ3v) is 4.93. The van der Waals surface area contributed by atoms with Crippen LogP contribution < -0.4 is 5.32 Å². The lowest BCUT2D eigenvalue weighted by atomic mass is 10.1. The third kappa shape index (κ3) is 3.22. The van der Waals surface area contributed by atoms with Crippen molar-refractivity contribution < 1.29 is 4.79 Å². The number of benzene rings is 2. The second kappa shape index (κ2) is 7.29. The summed E-state index contributed by atoms with van der Waals surface area (Å²) in [5.41, 5.74) is 4.72. The highest BCUT2D eigenvalue weighted by Gasteiger charge is 2.15. The van der Waals surface area contributed by atoms with Crippen LogP contribution in [0.3, 0.4) is 0 Å². The number of nitrogens with one attached hydrogen (secondary N) is 1. The Balaban J connectivity index is 1.35. The summed E-state index contributed by atoms with van der Waals surface area (Å²) in [6, 6.07) is 19.2. The molecule has 0 radical (unpaired) electrons. The van der Waals surface area contributed by atoms with Gasteiger partial charge in [-0.05, 0) is 37.3 Å². The van der Waals surface area contributed by atoms with E-state index in [1.807, 2.05) is 84.4 Å². The van der Waals surface area contributed by atoms with Gasteiger partial charge in [0, 0.05) is 29.8 Å². The van der Waals surface area contributed by atoms with Gasteiger partial charge >= 0.3 is 0 Å². The van der Waals surface area contributed by atoms with Gasteiger partial charge in [-0.1, -0.05) is 30.3 Å². The molecule has 7 heteroatoms. The molecule has 5 rings (SSSR count). The number of anilines is 1. The van der Waals surface area contributed by atoms with Crippen molar-refractivity contribution in [1.82, 2.24) is 24.1 Å². The fourth-order valence-electron chi connectivity index (χ4n) is 3.35. The molecule has 0 spiro atoms. The SMILES string of the molecule is Cc1c(C(=O)Nc2ccc(-c3cn4cccnc4n3)cc2)cnn1-c1ccccc1. The molecule has 0 unspecified atom stereocenters. The van der Waals surface area contributed by atoms with E-state index in [0.29, 0.717) is 17.0 Å². The largest absolute Gasteiger partial charge is 0.322 e. The molecule has 0 fully saturated rings. The zero-order valence-corrected chi connectivity index (χ0v) is 16.2. The molecule has 3 aromatic heterocycles. The van der Waals surface area contributed by atoms with Crippen LogP contribution >= 0.6 is 0 Å². The number of para-hydroxylation sites is 1. The maximum absolute atomic E-state index is 12.8. The summed E-state index contributed by atoms with van der Waals surface area (Å²) in [7, 11) is 0. The van der Waals surface area contributed by atoms with Crippen LogP contribution in [0, 0.1) is 6.92 Å². The van der Waals surface area contributed by atoms with Gasteiger partial charge in [0.2, 0.25) is 5.78 Å². The summed E-state index contributed by atoms with van der Waals surface area (Å²) in [6.07, 6.45) is 7.14.